The molecule has 0 fully saturated rings. The Labute approximate surface area is 110 Å². The topological polar surface area (TPSA) is 64.7 Å². The van der Waals surface area contributed by atoms with E-state index in [1.807, 2.05) is 12.3 Å². The van der Waals surface area contributed by atoms with E-state index < -0.39 is 0 Å². The Hall–Kier alpha value is -1.33. The molecule has 2 heterocycles. The van der Waals surface area contributed by atoms with E-state index in [1.165, 1.54) is 22.8 Å². The monoisotopic (exact) mass is 260 g/mol. The largest absolute Gasteiger partial charge is 0.323 e. The van der Waals surface area contributed by atoms with Crippen molar-refractivity contribution < 1.29 is 0 Å². The molecule has 94 valence electrons. The number of pyridine rings is 1. The molecule has 18 heavy (non-hydrogen) atoms. The van der Waals surface area contributed by atoms with Gasteiger partial charge in [0.05, 0.1) is 16.6 Å². The lowest BCUT2D eigenvalue weighted by Gasteiger charge is -2.18. The van der Waals surface area contributed by atoms with E-state index in [-0.39, 0.29) is 6.04 Å². The summed E-state index contributed by atoms with van der Waals surface area (Å²) in [5, 5.41) is 4.15. The summed E-state index contributed by atoms with van der Waals surface area (Å²) in [6.45, 7) is 2.09. The second kappa shape index (κ2) is 4.74. The zero-order chi connectivity index (χ0) is 12.5. The van der Waals surface area contributed by atoms with Gasteiger partial charge >= 0.3 is 0 Å². The number of fused-ring (bicyclic) bond motifs is 1. The molecule has 3 rings (SSSR count). The molecule has 0 saturated heterocycles. The molecule has 4 nitrogen and oxygen atoms in total. The van der Waals surface area contributed by atoms with E-state index in [0.717, 1.165) is 29.8 Å². The minimum Gasteiger partial charge on any atom is -0.323 e. The number of hydrogen-bond acceptors (Lipinski definition) is 5. The van der Waals surface area contributed by atoms with Crippen molar-refractivity contribution in [3.63, 3.8) is 0 Å². The minimum atomic E-state index is -0.0175. The average Bonchev–Trinajstić information content (AvgIpc) is 3.04. The van der Waals surface area contributed by atoms with E-state index in [2.05, 4.69) is 27.6 Å². The molecule has 0 spiro atoms. The van der Waals surface area contributed by atoms with Gasteiger partial charge in [-0.2, -0.15) is 0 Å². The highest BCUT2D eigenvalue weighted by atomic mass is 32.1. The summed E-state index contributed by atoms with van der Waals surface area (Å²) in [5.41, 5.74) is 9.97. The van der Waals surface area contributed by atoms with Gasteiger partial charge in [0.15, 0.2) is 0 Å². The highest BCUT2D eigenvalue weighted by molar-refractivity contribution is 7.05. The molecule has 2 atom stereocenters. The first kappa shape index (κ1) is 11.7. The second-order valence-corrected chi connectivity index (χ2v) is 5.44. The highest BCUT2D eigenvalue weighted by Gasteiger charge is 2.31. The van der Waals surface area contributed by atoms with Crippen LogP contribution in [0.3, 0.4) is 0 Å². The molecular formula is C13H16N4S. The molecule has 2 unspecified atom stereocenters. The van der Waals surface area contributed by atoms with Crippen LogP contribution in [-0.4, -0.2) is 14.6 Å². The summed E-state index contributed by atoms with van der Waals surface area (Å²) in [7, 11) is 0. The van der Waals surface area contributed by atoms with Gasteiger partial charge < -0.3 is 5.73 Å². The molecule has 0 aromatic carbocycles. The van der Waals surface area contributed by atoms with Gasteiger partial charge in [0.2, 0.25) is 0 Å². The van der Waals surface area contributed by atoms with Crippen LogP contribution in [0, 0.1) is 0 Å². The SMILES string of the molecule is CCc1nnsc1C(N)C1CCc2cccnc21. The quantitative estimate of drug-likeness (QED) is 0.919. The molecular weight excluding hydrogens is 244 g/mol. The van der Waals surface area contributed by atoms with Gasteiger partial charge in [-0.3, -0.25) is 4.98 Å². The summed E-state index contributed by atoms with van der Waals surface area (Å²) in [6, 6.07) is 4.13. The van der Waals surface area contributed by atoms with Gasteiger partial charge in [-0.25, -0.2) is 0 Å². The standard InChI is InChI=1S/C13H16N4S/c1-2-10-13(18-17-16-10)11(14)9-6-5-8-4-3-7-15-12(8)9/h3-4,7,9,11H,2,5-6,14H2,1H3. The molecule has 0 radical (unpaired) electrons. The summed E-state index contributed by atoms with van der Waals surface area (Å²) in [6.07, 6.45) is 4.90. The summed E-state index contributed by atoms with van der Waals surface area (Å²) in [4.78, 5) is 5.64. The Kier molecular flexibility index (Phi) is 3.09. The molecule has 2 aromatic rings. The van der Waals surface area contributed by atoms with Crippen LogP contribution in [0.25, 0.3) is 0 Å². The number of aromatic nitrogens is 3. The first-order valence-corrected chi connectivity index (χ1v) is 7.09. The van der Waals surface area contributed by atoms with Gasteiger partial charge in [0, 0.05) is 17.8 Å². The molecule has 2 aromatic heterocycles. The summed E-state index contributed by atoms with van der Waals surface area (Å²) >= 11 is 1.43. The molecule has 1 aliphatic carbocycles. The third-order valence-corrected chi connectivity index (χ3v) is 4.53. The van der Waals surface area contributed by atoms with Crippen LogP contribution in [0.4, 0.5) is 0 Å². The van der Waals surface area contributed by atoms with Gasteiger partial charge in [-0.15, -0.1) is 5.10 Å². The van der Waals surface area contributed by atoms with Crippen molar-refractivity contribution in [1.82, 2.24) is 14.6 Å². The maximum absolute atomic E-state index is 6.43. The lowest BCUT2D eigenvalue weighted by molar-refractivity contribution is 0.544. The van der Waals surface area contributed by atoms with Crippen molar-refractivity contribution >= 4 is 11.5 Å². The van der Waals surface area contributed by atoms with Crippen molar-refractivity contribution in [3.05, 3.63) is 40.2 Å². The van der Waals surface area contributed by atoms with Crippen LogP contribution < -0.4 is 5.73 Å². The van der Waals surface area contributed by atoms with Gasteiger partial charge in [-0.1, -0.05) is 17.5 Å². The second-order valence-electron chi connectivity index (χ2n) is 4.66. The fraction of sp³-hybridized carbons (Fsp3) is 0.462. The van der Waals surface area contributed by atoms with E-state index in [4.69, 9.17) is 5.73 Å². The Bertz CT molecular complexity index is 551. The number of hydrogen-bond donors (Lipinski definition) is 1. The van der Waals surface area contributed by atoms with Crippen molar-refractivity contribution in [2.75, 3.05) is 0 Å². The summed E-state index contributed by atoms with van der Waals surface area (Å²) in [5.74, 6) is 0.314. The van der Waals surface area contributed by atoms with Crippen molar-refractivity contribution in [1.29, 1.82) is 0 Å². The summed E-state index contributed by atoms with van der Waals surface area (Å²) < 4.78 is 4.03. The Morgan fingerprint density at radius 1 is 1.56 bits per heavy atom. The van der Waals surface area contributed by atoms with Gasteiger partial charge in [0.25, 0.3) is 0 Å². The molecule has 2 N–H and O–H groups in total. The maximum atomic E-state index is 6.43. The van der Waals surface area contributed by atoms with E-state index in [0.29, 0.717) is 5.92 Å². The average molecular weight is 260 g/mol. The van der Waals surface area contributed by atoms with Crippen LogP contribution in [-0.2, 0) is 12.8 Å². The first-order valence-electron chi connectivity index (χ1n) is 6.31. The molecule has 0 saturated carbocycles. The minimum absolute atomic E-state index is 0.0175. The van der Waals surface area contributed by atoms with E-state index in [1.54, 1.807) is 0 Å². The van der Waals surface area contributed by atoms with Crippen LogP contribution in [0.15, 0.2) is 18.3 Å². The Morgan fingerprint density at radius 2 is 2.44 bits per heavy atom. The van der Waals surface area contributed by atoms with Crippen LogP contribution in [0.5, 0.6) is 0 Å². The number of nitrogens with zero attached hydrogens (tertiary/aromatic N) is 3. The van der Waals surface area contributed by atoms with Crippen molar-refractivity contribution in [2.45, 2.75) is 38.1 Å². The fourth-order valence-corrected chi connectivity index (χ4v) is 3.49. The molecule has 1 aliphatic rings. The van der Waals surface area contributed by atoms with Crippen molar-refractivity contribution in [2.24, 2.45) is 5.73 Å². The van der Waals surface area contributed by atoms with Crippen LogP contribution >= 0.6 is 11.5 Å². The van der Waals surface area contributed by atoms with Gasteiger partial charge in [0.1, 0.15) is 0 Å². The predicted octanol–water partition coefficient (Wildman–Crippen LogP) is 2.23. The highest BCUT2D eigenvalue weighted by Crippen LogP contribution is 2.40. The van der Waals surface area contributed by atoms with E-state index >= 15 is 0 Å². The number of rotatable bonds is 3. The molecule has 5 heteroatoms. The van der Waals surface area contributed by atoms with Crippen LogP contribution in [0.2, 0.25) is 0 Å². The zero-order valence-corrected chi connectivity index (χ0v) is 11.2. The van der Waals surface area contributed by atoms with Crippen molar-refractivity contribution in [3.8, 4) is 0 Å². The van der Waals surface area contributed by atoms with Gasteiger partial charge in [-0.05, 0) is 42.4 Å². The Morgan fingerprint density at radius 3 is 3.28 bits per heavy atom. The third-order valence-electron chi connectivity index (χ3n) is 3.66. The molecule has 0 aliphatic heterocycles. The maximum Gasteiger partial charge on any atom is 0.0801 e. The predicted molar refractivity (Wildman–Crippen MR) is 71.5 cm³/mol. The number of nitrogens with two attached hydrogens (primary N) is 1. The first-order chi connectivity index (χ1) is 8.81. The van der Waals surface area contributed by atoms with E-state index in [9.17, 15) is 0 Å². The molecule has 0 bridgehead atoms. The zero-order valence-electron chi connectivity index (χ0n) is 10.3. The smallest absolute Gasteiger partial charge is 0.0801 e. The lowest BCUT2D eigenvalue weighted by atomic mass is 9.95. The van der Waals surface area contributed by atoms with Crippen LogP contribution in [0.1, 0.15) is 47.1 Å². The third kappa shape index (κ3) is 1.83. The lowest BCUT2D eigenvalue weighted by Crippen LogP contribution is -2.19. The number of aryl methyl sites for hydroxylation is 2. The normalized spacial score (nSPS) is 19.8. The fourth-order valence-electron chi connectivity index (χ4n) is 2.69. The molecule has 0 amide bonds. The Balaban J connectivity index is 1.93.